The van der Waals surface area contributed by atoms with Gasteiger partial charge in [-0.1, -0.05) is 35.9 Å². The first kappa shape index (κ1) is 17.7. The van der Waals surface area contributed by atoms with Gasteiger partial charge in [0.25, 0.3) is 10.0 Å². The highest BCUT2D eigenvalue weighted by atomic mass is 32.2. The van der Waals surface area contributed by atoms with E-state index < -0.39 is 15.9 Å². The molecule has 1 heterocycles. The second-order valence-electron chi connectivity index (χ2n) is 5.86. The molecule has 0 saturated heterocycles. The molecule has 0 atom stereocenters. The molecule has 134 valence electrons. The lowest BCUT2D eigenvalue weighted by molar-refractivity contribution is -0.118. The number of para-hydroxylation sites is 1. The van der Waals surface area contributed by atoms with Crippen LogP contribution in [0.4, 0.5) is 0 Å². The van der Waals surface area contributed by atoms with Crippen molar-refractivity contribution >= 4 is 33.0 Å². The van der Waals surface area contributed by atoms with E-state index in [4.69, 9.17) is 5.73 Å². The van der Waals surface area contributed by atoms with E-state index in [1.54, 1.807) is 22.9 Å². The highest BCUT2D eigenvalue weighted by Gasteiger charge is 2.12. The van der Waals surface area contributed by atoms with Gasteiger partial charge in [-0.05, 0) is 25.1 Å². The fraction of sp³-hybridized carbons (Fsp3) is 0.111. The molecule has 0 aliphatic rings. The monoisotopic (exact) mass is 370 g/mol. The van der Waals surface area contributed by atoms with Crippen LogP contribution < -0.4 is 10.6 Å². The van der Waals surface area contributed by atoms with Gasteiger partial charge in [0.2, 0.25) is 5.91 Å². The molecule has 26 heavy (non-hydrogen) atoms. The van der Waals surface area contributed by atoms with Crippen molar-refractivity contribution in [2.24, 2.45) is 10.8 Å². The van der Waals surface area contributed by atoms with Gasteiger partial charge in [-0.2, -0.15) is 13.5 Å². The molecular weight excluding hydrogens is 352 g/mol. The number of benzene rings is 2. The van der Waals surface area contributed by atoms with Crippen molar-refractivity contribution < 1.29 is 13.2 Å². The first-order valence-corrected chi connectivity index (χ1v) is 9.33. The Labute approximate surface area is 151 Å². The summed E-state index contributed by atoms with van der Waals surface area (Å²) >= 11 is 0. The van der Waals surface area contributed by atoms with E-state index in [1.165, 1.54) is 18.3 Å². The van der Waals surface area contributed by atoms with Gasteiger partial charge in [0.1, 0.15) is 6.54 Å². The Morgan fingerprint density at radius 2 is 1.88 bits per heavy atom. The predicted octanol–water partition coefficient (Wildman–Crippen LogP) is 1.75. The van der Waals surface area contributed by atoms with Crippen LogP contribution in [-0.4, -0.2) is 25.1 Å². The molecule has 0 radical (unpaired) electrons. The van der Waals surface area contributed by atoms with Crippen LogP contribution in [0.5, 0.6) is 0 Å². The Bertz CT molecular complexity index is 1080. The minimum atomic E-state index is -3.74. The number of hydrogen-bond donors (Lipinski definition) is 2. The van der Waals surface area contributed by atoms with Crippen LogP contribution in [0.1, 0.15) is 11.1 Å². The Kier molecular flexibility index (Phi) is 4.77. The third kappa shape index (κ3) is 3.75. The van der Waals surface area contributed by atoms with Gasteiger partial charge in [-0.3, -0.25) is 4.79 Å². The van der Waals surface area contributed by atoms with Crippen molar-refractivity contribution in [1.29, 1.82) is 0 Å². The standard InChI is InChI=1S/C18H18N4O3S/c1-13-6-8-15(9-7-13)26(24,25)21-20-10-14-11-22(12-18(19)23)17-5-3-2-4-16(14)17/h2-11,21H,12H2,1H3,(H2,19,23). The van der Waals surface area contributed by atoms with Crippen molar-refractivity contribution in [1.82, 2.24) is 9.40 Å². The molecule has 1 amide bonds. The summed E-state index contributed by atoms with van der Waals surface area (Å²) in [5.41, 5.74) is 7.73. The Morgan fingerprint density at radius 1 is 1.19 bits per heavy atom. The third-order valence-electron chi connectivity index (χ3n) is 3.85. The number of nitrogens with two attached hydrogens (primary N) is 1. The highest BCUT2D eigenvalue weighted by molar-refractivity contribution is 7.89. The van der Waals surface area contributed by atoms with E-state index in [0.717, 1.165) is 16.5 Å². The maximum atomic E-state index is 12.3. The summed E-state index contributed by atoms with van der Waals surface area (Å²) in [5.74, 6) is -0.464. The summed E-state index contributed by atoms with van der Waals surface area (Å²) < 4.78 is 26.2. The minimum absolute atomic E-state index is 0.0312. The quantitative estimate of drug-likeness (QED) is 0.510. The lowest BCUT2D eigenvalue weighted by Crippen LogP contribution is -2.18. The lowest BCUT2D eigenvalue weighted by Gasteiger charge is -2.03. The number of carbonyl (C=O) groups is 1. The van der Waals surface area contributed by atoms with Crippen LogP contribution in [0.3, 0.4) is 0 Å². The second kappa shape index (κ2) is 7.01. The van der Waals surface area contributed by atoms with Crippen molar-refractivity contribution in [2.75, 3.05) is 0 Å². The van der Waals surface area contributed by atoms with E-state index in [-0.39, 0.29) is 11.4 Å². The summed E-state index contributed by atoms with van der Waals surface area (Å²) in [6, 6.07) is 13.9. The van der Waals surface area contributed by atoms with Gasteiger partial charge in [0.05, 0.1) is 11.1 Å². The van der Waals surface area contributed by atoms with Crippen LogP contribution in [0.25, 0.3) is 10.9 Å². The largest absolute Gasteiger partial charge is 0.368 e. The van der Waals surface area contributed by atoms with Gasteiger partial charge >= 0.3 is 0 Å². The predicted molar refractivity (Wildman–Crippen MR) is 100 cm³/mol. The fourth-order valence-electron chi connectivity index (χ4n) is 2.61. The van der Waals surface area contributed by atoms with E-state index in [1.807, 2.05) is 31.2 Å². The molecule has 3 aromatic rings. The van der Waals surface area contributed by atoms with Crippen molar-refractivity contribution in [3.63, 3.8) is 0 Å². The molecular formula is C18H18N4O3S. The number of carbonyl (C=O) groups excluding carboxylic acids is 1. The first-order valence-electron chi connectivity index (χ1n) is 7.84. The number of primary amides is 1. The molecule has 0 aliphatic heterocycles. The molecule has 0 aliphatic carbocycles. The summed E-state index contributed by atoms with van der Waals surface area (Å²) in [7, 11) is -3.74. The van der Waals surface area contributed by atoms with Gasteiger partial charge in [0.15, 0.2) is 0 Å². The molecule has 0 spiro atoms. The molecule has 0 bridgehead atoms. The normalized spacial score (nSPS) is 11.9. The average Bonchev–Trinajstić information content (AvgIpc) is 2.93. The van der Waals surface area contributed by atoms with Crippen molar-refractivity contribution in [3.05, 3.63) is 65.9 Å². The third-order valence-corrected chi connectivity index (χ3v) is 5.09. The summed E-state index contributed by atoms with van der Waals surface area (Å²) in [6.45, 7) is 1.91. The molecule has 0 saturated carbocycles. The lowest BCUT2D eigenvalue weighted by atomic mass is 10.2. The topological polar surface area (TPSA) is 107 Å². The smallest absolute Gasteiger partial charge is 0.276 e. The number of hydrogen-bond acceptors (Lipinski definition) is 4. The number of hydrazone groups is 1. The van der Waals surface area contributed by atoms with Crippen molar-refractivity contribution in [2.45, 2.75) is 18.4 Å². The van der Waals surface area contributed by atoms with Crippen LogP contribution in [-0.2, 0) is 21.4 Å². The van der Waals surface area contributed by atoms with Crippen LogP contribution in [0, 0.1) is 6.92 Å². The van der Waals surface area contributed by atoms with Crippen LogP contribution in [0.15, 0.2) is 64.7 Å². The molecule has 8 heteroatoms. The van der Waals surface area contributed by atoms with Gasteiger partial charge in [-0.15, -0.1) is 0 Å². The van der Waals surface area contributed by atoms with E-state index in [9.17, 15) is 13.2 Å². The minimum Gasteiger partial charge on any atom is -0.368 e. The second-order valence-corrected chi connectivity index (χ2v) is 7.52. The molecule has 7 nitrogen and oxygen atoms in total. The summed E-state index contributed by atoms with van der Waals surface area (Å²) in [4.78, 5) is 13.6. The summed E-state index contributed by atoms with van der Waals surface area (Å²) in [5, 5.41) is 4.70. The zero-order valence-corrected chi connectivity index (χ0v) is 14.9. The number of nitrogens with one attached hydrogen (secondary N) is 1. The maximum Gasteiger partial charge on any atom is 0.276 e. The Balaban J connectivity index is 1.86. The molecule has 1 aromatic heterocycles. The van der Waals surface area contributed by atoms with Gasteiger partial charge < -0.3 is 10.3 Å². The first-order chi connectivity index (χ1) is 12.4. The maximum absolute atomic E-state index is 12.3. The molecule has 3 N–H and O–H groups in total. The summed E-state index contributed by atoms with van der Waals surface area (Å²) in [6.07, 6.45) is 3.12. The number of aryl methyl sites for hydroxylation is 1. The molecule has 3 rings (SSSR count). The molecule has 0 fully saturated rings. The van der Waals surface area contributed by atoms with E-state index in [0.29, 0.717) is 5.56 Å². The van der Waals surface area contributed by atoms with Crippen LogP contribution in [0.2, 0.25) is 0 Å². The fourth-order valence-corrected chi connectivity index (χ4v) is 3.40. The number of aromatic nitrogens is 1. The molecule has 2 aromatic carbocycles. The van der Waals surface area contributed by atoms with E-state index >= 15 is 0 Å². The molecule has 0 unspecified atom stereocenters. The number of nitrogens with zero attached hydrogens (tertiary/aromatic N) is 2. The number of rotatable bonds is 6. The Morgan fingerprint density at radius 3 is 2.58 bits per heavy atom. The van der Waals surface area contributed by atoms with Crippen molar-refractivity contribution in [3.8, 4) is 0 Å². The zero-order valence-electron chi connectivity index (χ0n) is 14.1. The number of fused-ring (bicyclic) bond motifs is 1. The zero-order chi connectivity index (χ0) is 18.7. The van der Waals surface area contributed by atoms with E-state index in [2.05, 4.69) is 9.93 Å². The Hall–Kier alpha value is -3.13. The average molecular weight is 370 g/mol. The SMILES string of the molecule is Cc1ccc(S(=O)(=O)NN=Cc2cn(CC(N)=O)c3ccccc23)cc1. The highest BCUT2D eigenvalue weighted by Crippen LogP contribution is 2.20. The van der Waals surface area contributed by atoms with Gasteiger partial charge in [0, 0.05) is 22.7 Å². The number of amides is 1. The number of sulfonamides is 1. The van der Waals surface area contributed by atoms with Gasteiger partial charge in [-0.25, -0.2) is 4.83 Å². The van der Waals surface area contributed by atoms with Crippen LogP contribution >= 0.6 is 0 Å².